The van der Waals surface area contributed by atoms with E-state index in [0.717, 1.165) is 18.9 Å². The molecule has 14 heteroatoms. The van der Waals surface area contributed by atoms with Gasteiger partial charge in [0.25, 0.3) is 0 Å². The summed E-state index contributed by atoms with van der Waals surface area (Å²) in [6.45, 7) is 7.36. The molecule has 6 rings (SSSR count). The molecule has 0 aliphatic carbocycles. The van der Waals surface area contributed by atoms with Crippen molar-refractivity contribution in [3.05, 3.63) is 35.0 Å². The fraction of sp³-hybridized carbons (Fsp3) is 0.464. The molecule has 4 N–H and O–H groups in total. The molecule has 0 spiro atoms. The van der Waals surface area contributed by atoms with Gasteiger partial charge in [-0.05, 0) is 45.2 Å². The van der Waals surface area contributed by atoms with E-state index < -0.39 is 41.1 Å². The number of pyridine rings is 2. The van der Waals surface area contributed by atoms with Crippen LogP contribution in [-0.2, 0) is 11.3 Å². The van der Waals surface area contributed by atoms with Gasteiger partial charge in [-0.25, -0.2) is 18.7 Å². The van der Waals surface area contributed by atoms with Gasteiger partial charge in [-0.3, -0.25) is 4.79 Å². The Balaban J connectivity index is 1.66. The van der Waals surface area contributed by atoms with Crippen molar-refractivity contribution in [3.63, 3.8) is 0 Å². The zero-order valence-electron chi connectivity index (χ0n) is 23.2. The fourth-order valence-electron chi connectivity index (χ4n) is 6.56. The van der Waals surface area contributed by atoms with E-state index in [1.165, 1.54) is 6.92 Å². The van der Waals surface area contributed by atoms with Crippen LogP contribution in [0.1, 0.15) is 44.9 Å². The maximum absolute atomic E-state index is 16.7. The number of hydrogen-bond acceptors (Lipinski definition) is 8. The lowest BCUT2D eigenvalue weighted by molar-refractivity contribution is -0.275. The molecule has 3 aromatic rings. The van der Waals surface area contributed by atoms with Crippen LogP contribution < -0.4 is 30.7 Å². The highest BCUT2D eigenvalue weighted by Gasteiger charge is 2.51. The number of amides is 1. The van der Waals surface area contributed by atoms with Gasteiger partial charge in [0.2, 0.25) is 11.8 Å². The SMILES string of the molecule is CC(=O)NCc1nc2c3c(nc(-c4cc(N)cc(F)c4OC(F)(F)F)c(F)c3c1C)O[C@@H](C)[C@@H]1[C@@H]3CC[C@](C)(CN21)N3. The van der Waals surface area contributed by atoms with Gasteiger partial charge in [0.1, 0.15) is 17.6 Å². The largest absolute Gasteiger partial charge is 0.573 e. The van der Waals surface area contributed by atoms with E-state index in [0.29, 0.717) is 29.7 Å². The van der Waals surface area contributed by atoms with Crippen molar-refractivity contribution in [3.8, 4) is 22.9 Å². The second-order valence-corrected chi connectivity index (χ2v) is 11.5. The van der Waals surface area contributed by atoms with E-state index in [2.05, 4.69) is 32.2 Å². The number of piperazine rings is 1. The normalized spacial score (nSPS) is 24.7. The van der Waals surface area contributed by atoms with Crippen molar-refractivity contribution in [2.45, 2.75) is 77.2 Å². The number of carbonyl (C=O) groups is 1. The molecule has 2 aromatic heterocycles. The minimum absolute atomic E-state index is 0.0177. The molecule has 4 atom stereocenters. The van der Waals surface area contributed by atoms with Gasteiger partial charge in [-0.2, -0.15) is 0 Å². The molecular weight excluding hydrogens is 563 g/mol. The Morgan fingerprint density at radius 2 is 2.02 bits per heavy atom. The van der Waals surface area contributed by atoms with Crippen LogP contribution in [0.4, 0.5) is 33.5 Å². The number of alkyl halides is 3. The molecule has 0 unspecified atom stereocenters. The summed E-state index contributed by atoms with van der Waals surface area (Å²) >= 11 is 0. The minimum atomic E-state index is -5.28. The summed E-state index contributed by atoms with van der Waals surface area (Å²) in [6.07, 6.45) is -4.01. The second kappa shape index (κ2) is 9.54. The Hall–Kier alpha value is -3.94. The van der Waals surface area contributed by atoms with E-state index >= 15 is 4.39 Å². The predicted molar refractivity (Wildman–Crippen MR) is 144 cm³/mol. The monoisotopic (exact) mass is 592 g/mol. The van der Waals surface area contributed by atoms with E-state index in [1.54, 1.807) is 6.92 Å². The number of aryl methyl sites for hydroxylation is 1. The quantitative estimate of drug-likeness (QED) is 0.300. The molecule has 2 fully saturated rings. The van der Waals surface area contributed by atoms with Crippen molar-refractivity contribution in [2.75, 3.05) is 17.2 Å². The van der Waals surface area contributed by atoms with Gasteiger partial charge in [-0.15, -0.1) is 13.2 Å². The van der Waals surface area contributed by atoms with Crippen molar-refractivity contribution >= 4 is 28.2 Å². The van der Waals surface area contributed by atoms with Gasteiger partial charge in [0, 0.05) is 42.2 Å². The zero-order valence-corrected chi connectivity index (χ0v) is 23.2. The molecule has 224 valence electrons. The summed E-state index contributed by atoms with van der Waals surface area (Å²) in [5, 5.41) is 6.56. The molecule has 42 heavy (non-hydrogen) atoms. The van der Waals surface area contributed by atoms with Gasteiger partial charge in [-0.1, -0.05) is 0 Å². The molecular formula is C28H29F5N6O3. The van der Waals surface area contributed by atoms with Crippen molar-refractivity contribution < 1.29 is 36.2 Å². The van der Waals surface area contributed by atoms with Gasteiger partial charge >= 0.3 is 6.36 Å². The third kappa shape index (κ3) is 4.61. The first-order valence-electron chi connectivity index (χ1n) is 13.5. The van der Waals surface area contributed by atoms with E-state index in [4.69, 9.17) is 15.5 Å². The second-order valence-electron chi connectivity index (χ2n) is 11.5. The lowest BCUT2D eigenvalue weighted by Crippen LogP contribution is -2.66. The summed E-state index contributed by atoms with van der Waals surface area (Å²) in [7, 11) is 0. The van der Waals surface area contributed by atoms with Crippen LogP contribution in [0.2, 0.25) is 0 Å². The molecule has 2 saturated heterocycles. The van der Waals surface area contributed by atoms with Crippen molar-refractivity contribution in [2.24, 2.45) is 0 Å². The van der Waals surface area contributed by atoms with E-state index in [9.17, 15) is 22.4 Å². The number of aromatic nitrogens is 2. The molecule has 0 saturated carbocycles. The smallest absolute Gasteiger partial charge is 0.472 e. The number of anilines is 2. The number of ether oxygens (including phenoxy) is 2. The van der Waals surface area contributed by atoms with Crippen LogP contribution in [0.3, 0.4) is 0 Å². The highest BCUT2D eigenvalue weighted by Crippen LogP contribution is 2.48. The first-order valence-corrected chi connectivity index (χ1v) is 13.5. The summed E-state index contributed by atoms with van der Waals surface area (Å²) < 4.78 is 81.8. The Kier molecular flexibility index (Phi) is 6.41. The lowest BCUT2D eigenvalue weighted by atomic mass is 9.95. The zero-order chi connectivity index (χ0) is 30.3. The summed E-state index contributed by atoms with van der Waals surface area (Å²) in [4.78, 5) is 23.1. The summed E-state index contributed by atoms with van der Waals surface area (Å²) in [5.74, 6) is -3.74. The van der Waals surface area contributed by atoms with Crippen LogP contribution in [0.25, 0.3) is 22.0 Å². The van der Waals surface area contributed by atoms with Gasteiger partial charge < -0.3 is 30.7 Å². The number of carbonyl (C=O) groups excluding carboxylic acids is 1. The number of nitrogen functional groups attached to an aromatic ring is 1. The Labute approximate surface area is 237 Å². The maximum atomic E-state index is 16.7. The lowest BCUT2D eigenvalue weighted by Gasteiger charge is -2.46. The third-order valence-corrected chi connectivity index (χ3v) is 8.30. The molecule has 9 nitrogen and oxygen atoms in total. The Morgan fingerprint density at radius 1 is 1.29 bits per heavy atom. The average molecular weight is 593 g/mol. The predicted octanol–water partition coefficient (Wildman–Crippen LogP) is 4.48. The number of rotatable bonds is 4. The molecule has 1 aromatic carbocycles. The Bertz CT molecular complexity index is 1630. The number of fused-ring (bicyclic) bond motifs is 5. The topological polar surface area (TPSA) is 115 Å². The van der Waals surface area contributed by atoms with Crippen molar-refractivity contribution in [1.29, 1.82) is 0 Å². The first kappa shape index (κ1) is 28.2. The molecule has 3 aliphatic heterocycles. The Morgan fingerprint density at radius 3 is 2.71 bits per heavy atom. The number of nitrogens with zero attached hydrogens (tertiary/aromatic N) is 3. The van der Waals surface area contributed by atoms with Crippen LogP contribution in [0.15, 0.2) is 12.1 Å². The average Bonchev–Trinajstić information content (AvgIpc) is 3.13. The molecule has 1 amide bonds. The molecule has 3 aliphatic rings. The minimum Gasteiger partial charge on any atom is -0.472 e. The van der Waals surface area contributed by atoms with Gasteiger partial charge in [0.05, 0.1) is 29.2 Å². The standard InChI is InChI=1S/C28H29F5N6O3/c1-11-18(9-35-13(3)40)36-25-20-19(11)21(30)22(15-7-14(34)8-16(29)24(15)42-28(31,32)33)37-26(20)41-12(2)23-17-5-6-27(4,38-17)10-39(23)25/h7-8,12,17,23,38H,5-6,9-10,34H2,1-4H3,(H,35,40)/t12-,17-,23+,27+/m0/s1. The first-order chi connectivity index (χ1) is 19.7. The number of nitrogens with two attached hydrogens (primary N) is 1. The van der Waals surface area contributed by atoms with Crippen LogP contribution >= 0.6 is 0 Å². The molecule has 5 heterocycles. The number of nitrogens with one attached hydrogen (secondary N) is 2. The van der Waals surface area contributed by atoms with Crippen LogP contribution in [-0.4, -0.2) is 52.5 Å². The highest BCUT2D eigenvalue weighted by atomic mass is 19.4. The van der Waals surface area contributed by atoms with Crippen LogP contribution in [0.5, 0.6) is 11.6 Å². The van der Waals surface area contributed by atoms with Crippen LogP contribution in [0, 0.1) is 18.6 Å². The third-order valence-electron chi connectivity index (χ3n) is 8.30. The van der Waals surface area contributed by atoms with Gasteiger partial charge in [0.15, 0.2) is 17.4 Å². The number of halogens is 5. The maximum Gasteiger partial charge on any atom is 0.573 e. The molecule has 0 radical (unpaired) electrons. The molecule has 2 bridgehead atoms. The van der Waals surface area contributed by atoms with E-state index in [-0.39, 0.29) is 52.4 Å². The van der Waals surface area contributed by atoms with E-state index in [1.807, 2.05) is 6.92 Å². The highest BCUT2D eigenvalue weighted by molar-refractivity contribution is 6.02. The number of hydrogen-bond donors (Lipinski definition) is 3. The fourth-order valence-corrected chi connectivity index (χ4v) is 6.56. The number of benzene rings is 1. The summed E-state index contributed by atoms with van der Waals surface area (Å²) in [6, 6.07) is 1.40. The summed E-state index contributed by atoms with van der Waals surface area (Å²) in [5.41, 5.74) is 4.67. The van der Waals surface area contributed by atoms with Crippen molar-refractivity contribution in [1.82, 2.24) is 20.6 Å².